The van der Waals surface area contributed by atoms with Gasteiger partial charge in [-0.25, -0.2) is 4.79 Å². The molecule has 0 N–H and O–H groups in total. The van der Waals surface area contributed by atoms with E-state index in [-0.39, 0.29) is 24.5 Å². The Hall–Kier alpha value is -2.37. The van der Waals surface area contributed by atoms with Gasteiger partial charge in [0.15, 0.2) is 0 Å². The highest BCUT2D eigenvalue weighted by Crippen LogP contribution is 2.31. The molecule has 6 heteroatoms. The fraction of sp³-hybridized carbons (Fsp3) is 0.357. The van der Waals surface area contributed by atoms with E-state index in [0.29, 0.717) is 18.0 Å². The number of nitrogens with zero attached hydrogens (tertiary/aromatic N) is 1. The third-order valence-electron chi connectivity index (χ3n) is 2.99. The molecule has 0 saturated carbocycles. The number of carbonyl (C=O) groups excluding carboxylic acids is 3. The van der Waals surface area contributed by atoms with E-state index < -0.39 is 11.8 Å². The van der Waals surface area contributed by atoms with Crippen molar-refractivity contribution < 1.29 is 23.9 Å². The fourth-order valence-electron chi connectivity index (χ4n) is 1.91. The van der Waals surface area contributed by atoms with Gasteiger partial charge >= 0.3 is 5.97 Å². The van der Waals surface area contributed by atoms with E-state index in [0.717, 1.165) is 0 Å². The molecule has 0 unspecified atom stereocenters. The number of ether oxygens (including phenoxy) is 2. The molecule has 1 aromatic carbocycles. The predicted molar refractivity (Wildman–Crippen MR) is 70.9 cm³/mol. The largest absolute Gasteiger partial charge is 0.491 e. The van der Waals surface area contributed by atoms with E-state index in [9.17, 15) is 14.4 Å². The third-order valence-corrected chi connectivity index (χ3v) is 2.99. The predicted octanol–water partition coefficient (Wildman–Crippen LogP) is 1.18. The van der Waals surface area contributed by atoms with Gasteiger partial charge in [-0.15, -0.1) is 0 Å². The lowest BCUT2D eigenvalue weighted by Crippen LogP contribution is -2.25. The number of carbonyl (C=O) groups is 3. The second-order valence-electron chi connectivity index (χ2n) is 4.28. The summed E-state index contributed by atoms with van der Waals surface area (Å²) in [5.74, 6) is -1.24. The Labute approximate surface area is 116 Å². The van der Waals surface area contributed by atoms with Crippen LogP contribution >= 0.6 is 0 Å². The van der Waals surface area contributed by atoms with Crippen LogP contribution in [-0.4, -0.2) is 37.9 Å². The lowest BCUT2D eigenvalue weighted by molar-refractivity contribution is -0.137. The van der Waals surface area contributed by atoms with Gasteiger partial charge < -0.3 is 14.4 Å². The minimum absolute atomic E-state index is 0.107. The normalized spacial score (nSPS) is 14.1. The van der Waals surface area contributed by atoms with Crippen LogP contribution in [0.2, 0.25) is 0 Å². The number of fused-ring (bicyclic) bond motifs is 1. The molecule has 1 amide bonds. The summed E-state index contributed by atoms with van der Waals surface area (Å²) < 4.78 is 10.1. The average molecular weight is 277 g/mol. The number of benzene rings is 1. The molecule has 0 spiro atoms. The van der Waals surface area contributed by atoms with Crippen molar-refractivity contribution in [3.63, 3.8) is 0 Å². The zero-order valence-electron chi connectivity index (χ0n) is 11.3. The fourth-order valence-corrected chi connectivity index (χ4v) is 1.91. The van der Waals surface area contributed by atoms with Gasteiger partial charge in [0.2, 0.25) is 5.91 Å². The van der Waals surface area contributed by atoms with Gasteiger partial charge in [0.1, 0.15) is 5.75 Å². The molecule has 20 heavy (non-hydrogen) atoms. The summed E-state index contributed by atoms with van der Waals surface area (Å²) in [6.45, 7) is 2.06. The van der Waals surface area contributed by atoms with Gasteiger partial charge in [-0.2, -0.15) is 0 Å². The Morgan fingerprint density at radius 2 is 2.15 bits per heavy atom. The molecule has 2 rings (SSSR count). The van der Waals surface area contributed by atoms with Crippen molar-refractivity contribution in [3.05, 3.63) is 23.8 Å². The Morgan fingerprint density at radius 1 is 1.40 bits per heavy atom. The summed E-state index contributed by atoms with van der Waals surface area (Å²) in [6.07, 6.45) is 0.270. The van der Waals surface area contributed by atoms with Crippen LogP contribution in [0.3, 0.4) is 0 Å². The Balaban J connectivity index is 2.35. The first kappa shape index (κ1) is 14.0. The van der Waals surface area contributed by atoms with Crippen LogP contribution in [-0.2, 0) is 14.3 Å². The van der Waals surface area contributed by atoms with E-state index in [1.807, 2.05) is 0 Å². The van der Waals surface area contributed by atoms with E-state index in [1.54, 1.807) is 20.0 Å². The molecule has 0 aromatic heterocycles. The van der Waals surface area contributed by atoms with Crippen LogP contribution in [0.1, 0.15) is 23.7 Å². The van der Waals surface area contributed by atoms with Crippen molar-refractivity contribution in [2.24, 2.45) is 0 Å². The second kappa shape index (κ2) is 5.73. The highest BCUT2D eigenvalue weighted by molar-refractivity contribution is 6.40. The summed E-state index contributed by atoms with van der Waals surface area (Å²) in [5, 5.41) is 0. The van der Waals surface area contributed by atoms with E-state index in [2.05, 4.69) is 4.74 Å². The van der Waals surface area contributed by atoms with Crippen LogP contribution in [0.25, 0.3) is 0 Å². The zero-order valence-corrected chi connectivity index (χ0v) is 11.3. The average Bonchev–Trinajstić information content (AvgIpc) is 2.58. The summed E-state index contributed by atoms with van der Waals surface area (Å²) >= 11 is 0. The molecule has 1 aliphatic heterocycles. The van der Waals surface area contributed by atoms with Crippen molar-refractivity contribution in [1.29, 1.82) is 0 Å². The van der Waals surface area contributed by atoms with Crippen LogP contribution < -0.4 is 9.64 Å². The van der Waals surface area contributed by atoms with Gasteiger partial charge in [0.25, 0.3) is 5.78 Å². The number of rotatable bonds is 3. The number of anilines is 1. The van der Waals surface area contributed by atoms with Crippen LogP contribution in [0.4, 0.5) is 5.69 Å². The standard InChI is InChI=1S/C14H15NO5/c1-3-19-14(18)13(17)9-4-5-11-10(8-9)15(2)12(16)6-7-20-11/h4-5,8H,3,6-7H2,1-2H3. The van der Waals surface area contributed by atoms with Crippen molar-refractivity contribution >= 4 is 23.3 Å². The molecule has 0 radical (unpaired) electrons. The number of esters is 1. The highest BCUT2D eigenvalue weighted by Gasteiger charge is 2.24. The Morgan fingerprint density at radius 3 is 2.85 bits per heavy atom. The van der Waals surface area contributed by atoms with Crippen LogP contribution in [0.15, 0.2) is 18.2 Å². The topological polar surface area (TPSA) is 72.9 Å². The summed E-state index contributed by atoms with van der Waals surface area (Å²) in [6, 6.07) is 4.54. The first-order chi connectivity index (χ1) is 9.54. The molecular weight excluding hydrogens is 262 g/mol. The molecule has 0 bridgehead atoms. The van der Waals surface area contributed by atoms with Crippen LogP contribution in [0, 0.1) is 0 Å². The minimum atomic E-state index is -0.907. The number of Topliss-reactive ketones (excluding diaryl/α,β-unsaturated/α-hetero) is 1. The highest BCUT2D eigenvalue weighted by atomic mass is 16.5. The maximum atomic E-state index is 11.9. The van der Waals surface area contributed by atoms with E-state index in [1.165, 1.54) is 17.0 Å². The monoisotopic (exact) mass is 277 g/mol. The Kier molecular flexibility index (Phi) is 4.02. The number of hydrogen-bond acceptors (Lipinski definition) is 5. The lowest BCUT2D eigenvalue weighted by Gasteiger charge is -2.16. The van der Waals surface area contributed by atoms with Crippen molar-refractivity contribution in [2.75, 3.05) is 25.2 Å². The van der Waals surface area contributed by atoms with Crippen molar-refractivity contribution in [1.82, 2.24) is 0 Å². The molecule has 1 aliphatic rings. The zero-order chi connectivity index (χ0) is 14.7. The smallest absolute Gasteiger partial charge is 0.379 e. The molecule has 0 saturated heterocycles. The SMILES string of the molecule is CCOC(=O)C(=O)c1ccc2c(c1)N(C)C(=O)CCO2. The van der Waals surface area contributed by atoms with Crippen molar-refractivity contribution in [3.8, 4) is 5.75 Å². The van der Waals surface area contributed by atoms with E-state index >= 15 is 0 Å². The van der Waals surface area contributed by atoms with Gasteiger partial charge in [0.05, 0.1) is 25.3 Å². The second-order valence-corrected chi connectivity index (χ2v) is 4.28. The van der Waals surface area contributed by atoms with Crippen LogP contribution in [0.5, 0.6) is 5.75 Å². The Bertz CT molecular complexity index is 567. The molecule has 1 aromatic rings. The summed E-state index contributed by atoms with van der Waals surface area (Å²) in [5.41, 5.74) is 0.648. The number of ketones is 1. The lowest BCUT2D eigenvalue weighted by atomic mass is 10.1. The molecule has 0 atom stereocenters. The number of amides is 1. The van der Waals surface area contributed by atoms with Gasteiger partial charge in [-0.1, -0.05) is 0 Å². The first-order valence-electron chi connectivity index (χ1n) is 6.29. The van der Waals surface area contributed by atoms with E-state index in [4.69, 9.17) is 4.74 Å². The van der Waals surface area contributed by atoms with Gasteiger partial charge in [-0.05, 0) is 25.1 Å². The minimum Gasteiger partial charge on any atom is -0.491 e. The quantitative estimate of drug-likeness (QED) is 0.471. The summed E-state index contributed by atoms with van der Waals surface area (Å²) in [4.78, 5) is 36.5. The molecule has 106 valence electrons. The summed E-state index contributed by atoms with van der Waals surface area (Å²) in [7, 11) is 1.61. The molecule has 1 heterocycles. The maximum absolute atomic E-state index is 11.9. The molecule has 0 aliphatic carbocycles. The van der Waals surface area contributed by atoms with Gasteiger partial charge in [-0.3, -0.25) is 9.59 Å². The van der Waals surface area contributed by atoms with Crippen molar-refractivity contribution in [2.45, 2.75) is 13.3 Å². The van der Waals surface area contributed by atoms with Gasteiger partial charge in [0, 0.05) is 12.6 Å². The number of hydrogen-bond donors (Lipinski definition) is 0. The maximum Gasteiger partial charge on any atom is 0.379 e. The first-order valence-corrected chi connectivity index (χ1v) is 6.29. The molecular formula is C14H15NO5. The molecule has 0 fully saturated rings. The third kappa shape index (κ3) is 2.64. The molecule has 6 nitrogen and oxygen atoms in total.